The molecule has 0 unspecified atom stereocenters. The summed E-state index contributed by atoms with van der Waals surface area (Å²) in [4.78, 5) is 10.9. The van der Waals surface area contributed by atoms with Crippen molar-refractivity contribution >= 4 is 17.3 Å². The van der Waals surface area contributed by atoms with E-state index in [1.165, 1.54) is 12.1 Å². The van der Waals surface area contributed by atoms with Crippen LogP contribution in [0.5, 0.6) is 5.75 Å². The molecular weight excluding hydrogens is 268 g/mol. The molecule has 5 nitrogen and oxygen atoms in total. The summed E-state index contributed by atoms with van der Waals surface area (Å²) < 4.78 is 5.57. The smallest absolute Gasteiger partial charge is 0.335 e. The Balaban J connectivity index is 1.78. The number of rotatable bonds is 7. The monoisotopic (exact) mass is 286 g/mol. The van der Waals surface area contributed by atoms with Crippen molar-refractivity contribution in [1.29, 1.82) is 0 Å². The Kier molecular flexibility index (Phi) is 5.04. The predicted molar refractivity (Wildman–Crippen MR) is 82.9 cm³/mol. The topological polar surface area (TPSA) is 84.6 Å². The van der Waals surface area contributed by atoms with Crippen LogP contribution in [0.3, 0.4) is 0 Å². The molecule has 0 saturated carbocycles. The minimum atomic E-state index is -0.967. The molecule has 2 aromatic carbocycles. The lowest BCUT2D eigenvalue weighted by Gasteiger charge is -2.11. The van der Waals surface area contributed by atoms with Gasteiger partial charge in [0.2, 0.25) is 0 Å². The van der Waals surface area contributed by atoms with Crippen LogP contribution in [0.15, 0.2) is 48.5 Å². The highest BCUT2D eigenvalue weighted by atomic mass is 16.5. The van der Waals surface area contributed by atoms with Gasteiger partial charge in [0.05, 0.1) is 23.5 Å². The molecule has 0 aliphatic carbocycles. The molecule has 4 N–H and O–H groups in total. The van der Waals surface area contributed by atoms with Gasteiger partial charge in [-0.2, -0.15) is 0 Å². The Labute approximate surface area is 123 Å². The summed E-state index contributed by atoms with van der Waals surface area (Å²) in [6.45, 7) is 1.23. The third-order valence-corrected chi connectivity index (χ3v) is 2.95. The summed E-state index contributed by atoms with van der Waals surface area (Å²) in [6, 6.07) is 14.2. The molecule has 0 aromatic heterocycles. The van der Waals surface area contributed by atoms with E-state index >= 15 is 0 Å². The predicted octanol–water partition coefficient (Wildman–Crippen LogP) is 2.85. The lowest BCUT2D eigenvalue weighted by atomic mass is 10.1. The fourth-order valence-electron chi connectivity index (χ4n) is 1.84. The molecule has 0 amide bonds. The first-order valence-electron chi connectivity index (χ1n) is 6.71. The normalized spacial score (nSPS) is 10.1. The van der Waals surface area contributed by atoms with E-state index < -0.39 is 5.97 Å². The van der Waals surface area contributed by atoms with E-state index in [0.717, 1.165) is 12.2 Å². The van der Waals surface area contributed by atoms with Crippen molar-refractivity contribution in [3.05, 3.63) is 54.1 Å². The van der Waals surface area contributed by atoms with Crippen LogP contribution in [0.25, 0.3) is 0 Å². The maximum atomic E-state index is 10.9. The largest absolute Gasteiger partial charge is 0.494 e. The Morgan fingerprint density at radius 2 is 1.95 bits per heavy atom. The van der Waals surface area contributed by atoms with Gasteiger partial charge in [0.1, 0.15) is 5.75 Å². The molecule has 0 heterocycles. The van der Waals surface area contributed by atoms with E-state index in [1.807, 2.05) is 30.3 Å². The summed E-state index contributed by atoms with van der Waals surface area (Å²) in [6.07, 6.45) is 0.783. The van der Waals surface area contributed by atoms with Gasteiger partial charge in [-0.15, -0.1) is 0 Å². The lowest BCUT2D eigenvalue weighted by molar-refractivity contribution is 0.0697. The number of hydrogen-bond acceptors (Lipinski definition) is 4. The zero-order valence-electron chi connectivity index (χ0n) is 11.6. The van der Waals surface area contributed by atoms with Crippen molar-refractivity contribution in [1.82, 2.24) is 0 Å². The third kappa shape index (κ3) is 4.42. The number of benzene rings is 2. The molecule has 0 aliphatic rings. The van der Waals surface area contributed by atoms with Gasteiger partial charge in [-0.25, -0.2) is 4.79 Å². The fourth-order valence-corrected chi connectivity index (χ4v) is 1.84. The molecule has 0 spiro atoms. The van der Waals surface area contributed by atoms with Gasteiger partial charge in [0.15, 0.2) is 0 Å². The van der Waals surface area contributed by atoms with Crippen LogP contribution in [-0.4, -0.2) is 24.2 Å². The summed E-state index contributed by atoms with van der Waals surface area (Å²) in [5, 5.41) is 12.1. The summed E-state index contributed by atoms with van der Waals surface area (Å²) in [5.74, 6) is -0.129. The maximum absolute atomic E-state index is 10.9. The number of ether oxygens (including phenoxy) is 1. The van der Waals surface area contributed by atoms with Crippen LogP contribution in [-0.2, 0) is 0 Å². The molecule has 2 aromatic rings. The van der Waals surface area contributed by atoms with E-state index in [2.05, 4.69) is 5.32 Å². The maximum Gasteiger partial charge on any atom is 0.335 e. The molecule has 0 saturated heterocycles. The standard InChI is InChI=1S/C16H18N2O3/c17-14-8-7-12(16(19)20)11-15(14)18-9-4-10-21-13-5-2-1-3-6-13/h1-3,5-8,11,18H,4,9-10,17H2,(H,19,20). The van der Waals surface area contributed by atoms with Crippen LogP contribution in [0.2, 0.25) is 0 Å². The fraction of sp³-hybridized carbons (Fsp3) is 0.188. The number of nitrogens with one attached hydrogen (secondary N) is 1. The first-order chi connectivity index (χ1) is 10.2. The highest BCUT2D eigenvalue weighted by molar-refractivity contribution is 5.90. The minimum Gasteiger partial charge on any atom is -0.494 e. The van der Waals surface area contributed by atoms with Crippen molar-refractivity contribution in [3.8, 4) is 5.75 Å². The molecule has 0 atom stereocenters. The summed E-state index contributed by atoms with van der Waals surface area (Å²) in [7, 11) is 0. The quantitative estimate of drug-likeness (QED) is 0.538. The molecule has 0 bridgehead atoms. The van der Waals surface area contributed by atoms with Crippen LogP contribution >= 0.6 is 0 Å². The first kappa shape index (κ1) is 14.7. The van der Waals surface area contributed by atoms with Crippen molar-refractivity contribution in [3.63, 3.8) is 0 Å². The van der Waals surface area contributed by atoms with E-state index in [9.17, 15) is 4.79 Å². The van der Waals surface area contributed by atoms with E-state index in [4.69, 9.17) is 15.6 Å². The lowest BCUT2D eigenvalue weighted by Crippen LogP contribution is -2.09. The highest BCUT2D eigenvalue weighted by Gasteiger charge is 2.06. The van der Waals surface area contributed by atoms with Gasteiger partial charge in [-0.1, -0.05) is 18.2 Å². The second-order valence-electron chi connectivity index (χ2n) is 4.55. The number of aromatic carboxylic acids is 1. The van der Waals surface area contributed by atoms with Gasteiger partial charge >= 0.3 is 5.97 Å². The van der Waals surface area contributed by atoms with Crippen molar-refractivity contribution in [2.45, 2.75) is 6.42 Å². The molecular formula is C16H18N2O3. The minimum absolute atomic E-state index is 0.215. The first-order valence-corrected chi connectivity index (χ1v) is 6.71. The van der Waals surface area contributed by atoms with E-state index in [1.54, 1.807) is 6.07 Å². The van der Waals surface area contributed by atoms with Gasteiger partial charge < -0.3 is 20.9 Å². The number of hydrogen-bond donors (Lipinski definition) is 3. The third-order valence-electron chi connectivity index (χ3n) is 2.95. The number of carboxylic acids is 1. The second-order valence-corrected chi connectivity index (χ2v) is 4.55. The highest BCUT2D eigenvalue weighted by Crippen LogP contribution is 2.20. The zero-order chi connectivity index (χ0) is 15.1. The molecule has 2 rings (SSSR count). The number of nitrogens with two attached hydrogens (primary N) is 1. The van der Waals surface area contributed by atoms with Crippen LogP contribution in [0.4, 0.5) is 11.4 Å². The number of nitrogen functional groups attached to an aromatic ring is 1. The van der Waals surface area contributed by atoms with Gasteiger partial charge in [-0.05, 0) is 36.8 Å². The van der Waals surface area contributed by atoms with Crippen molar-refractivity contribution in [2.75, 3.05) is 24.2 Å². The Bertz CT molecular complexity index is 600. The summed E-state index contributed by atoms with van der Waals surface area (Å²) in [5.41, 5.74) is 7.19. The van der Waals surface area contributed by atoms with Gasteiger partial charge in [0, 0.05) is 6.54 Å². The van der Waals surface area contributed by atoms with Gasteiger partial charge in [0.25, 0.3) is 0 Å². The Morgan fingerprint density at radius 1 is 1.19 bits per heavy atom. The molecule has 0 radical (unpaired) electrons. The van der Waals surface area contributed by atoms with Crippen LogP contribution in [0, 0.1) is 0 Å². The number of para-hydroxylation sites is 1. The number of carbonyl (C=O) groups is 1. The molecule has 21 heavy (non-hydrogen) atoms. The number of anilines is 2. The molecule has 110 valence electrons. The van der Waals surface area contributed by atoms with Crippen LogP contribution < -0.4 is 15.8 Å². The second kappa shape index (κ2) is 7.19. The van der Waals surface area contributed by atoms with E-state index in [0.29, 0.717) is 24.5 Å². The average molecular weight is 286 g/mol. The molecule has 0 aliphatic heterocycles. The van der Waals surface area contributed by atoms with Crippen LogP contribution in [0.1, 0.15) is 16.8 Å². The zero-order valence-corrected chi connectivity index (χ0v) is 11.6. The SMILES string of the molecule is Nc1ccc(C(=O)O)cc1NCCCOc1ccccc1. The van der Waals surface area contributed by atoms with E-state index in [-0.39, 0.29) is 5.56 Å². The molecule has 0 fully saturated rings. The Hall–Kier alpha value is -2.69. The Morgan fingerprint density at radius 3 is 2.67 bits per heavy atom. The van der Waals surface area contributed by atoms with Crippen molar-refractivity contribution in [2.24, 2.45) is 0 Å². The average Bonchev–Trinajstić information content (AvgIpc) is 2.49. The number of carboxylic acid groups (broad SMARTS) is 1. The summed E-state index contributed by atoms with van der Waals surface area (Å²) >= 11 is 0. The van der Waals surface area contributed by atoms with Crippen molar-refractivity contribution < 1.29 is 14.6 Å². The van der Waals surface area contributed by atoms with Gasteiger partial charge in [-0.3, -0.25) is 0 Å². The molecule has 5 heteroatoms.